The van der Waals surface area contributed by atoms with Crippen LogP contribution in [0.25, 0.3) is 5.82 Å². The highest BCUT2D eigenvalue weighted by molar-refractivity contribution is 5.80. The van der Waals surface area contributed by atoms with E-state index in [9.17, 15) is 0 Å². The van der Waals surface area contributed by atoms with Crippen LogP contribution in [-0.2, 0) is 11.3 Å². The van der Waals surface area contributed by atoms with Crippen LogP contribution in [0.1, 0.15) is 36.2 Å². The summed E-state index contributed by atoms with van der Waals surface area (Å²) in [6, 6.07) is 6.48. The van der Waals surface area contributed by atoms with Gasteiger partial charge >= 0.3 is 0 Å². The number of pyridine rings is 1. The van der Waals surface area contributed by atoms with Crippen LogP contribution >= 0.6 is 0 Å². The Morgan fingerprint density at radius 2 is 2.23 bits per heavy atom. The molecule has 0 radical (unpaired) electrons. The number of nitrogens with one attached hydrogen (secondary N) is 2. The second kappa shape index (κ2) is 7.07. The molecule has 0 spiro atoms. The van der Waals surface area contributed by atoms with Crippen LogP contribution in [0.3, 0.4) is 0 Å². The van der Waals surface area contributed by atoms with Crippen molar-refractivity contribution in [2.24, 2.45) is 4.99 Å². The van der Waals surface area contributed by atoms with Crippen LogP contribution in [-0.4, -0.2) is 46.0 Å². The number of nitrogens with zero attached hydrogens (tertiary/aromatic N) is 4. The third kappa shape index (κ3) is 3.44. The van der Waals surface area contributed by atoms with Crippen molar-refractivity contribution in [3.05, 3.63) is 41.3 Å². The minimum Gasteiger partial charge on any atom is -0.373 e. The maximum atomic E-state index is 5.90. The summed E-state index contributed by atoms with van der Waals surface area (Å²) < 4.78 is 7.76. The predicted octanol–water partition coefficient (Wildman–Crippen LogP) is 1.87. The molecule has 4 rings (SSSR count). The normalized spacial score (nSPS) is 24.9. The van der Waals surface area contributed by atoms with Crippen molar-refractivity contribution in [3.8, 4) is 5.82 Å². The van der Waals surface area contributed by atoms with Crippen molar-refractivity contribution >= 4 is 5.96 Å². The zero-order valence-corrected chi connectivity index (χ0v) is 15.6. The Bertz CT molecular complexity index is 797. The Morgan fingerprint density at radius 3 is 2.81 bits per heavy atom. The van der Waals surface area contributed by atoms with Gasteiger partial charge in [-0.25, -0.2) is 9.67 Å². The molecular formula is C19H26N6O. The Hall–Kier alpha value is -2.41. The van der Waals surface area contributed by atoms with Crippen LogP contribution in [0.2, 0.25) is 0 Å². The minimum atomic E-state index is 0.334. The average Bonchev–Trinajstić information content (AvgIpc) is 3.34. The summed E-state index contributed by atoms with van der Waals surface area (Å²) in [5.41, 5.74) is 3.18. The number of guanidine groups is 1. The number of rotatable bonds is 4. The molecule has 0 amide bonds. The number of hydrogen-bond donors (Lipinski definition) is 2. The molecule has 138 valence electrons. The topological polar surface area (TPSA) is 76.4 Å². The lowest BCUT2D eigenvalue weighted by Crippen LogP contribution is -2.47. The van der Waals surface area contributed by atoms with Crippen LogP contribution in [0.5, 0.6) is 0 Å². The fourth-order valence-electron chi connectivity index (χ4n) is 3.85. The fourth-order valence-corrected chi connectivity index (χ4v) is 3.85. The smallest absolute Gasteiger partial charge is 0.191 e. The molecule has 2 saturated heterocycles. The SMILES string of the molecule is CN=C(NCc1ccc(-n2nc(C)cc2C)nc1)NC1CC2CCC1O2. The van der Waals surface area contributed by atoms with E-state index >= 15 is 0 Å². The van der Waals surface area contributed by atoms with E-state index in [1.165, 1.54) is 6.42 Å². The quantitative estimate of drug-likeness (QED) is 0.647. The first-order valence-corrected chi connectivity index (χ1v) is 9.23. The molecule has 7 nitrogen and oxygen atoms in total. The first kappa shape index (κ1) is 17.0. The number of ether oxygens (including phenoxy) is 1. The van der Waals surface area contributed by atoms with E-state index in [0.29, 0.717) is 24.8 Å². The highest BCUT2D eigenvalue weighted by Gasteiger charge is 2.41. The zero-order valence-electron chi connectivity index (χ0n) is 15.6. The Balaban J connectivity index is 1.34. The molecule has 7 heteroatoms. The van der Waals surface area contributed by atoms with E-state index in [1.807, 2.05) is 36.9 Å². The molecule has 2 aromatic heterocycles. The van der Waals surface area contributed by atoms with E-state index in [0.717, 1.165) is 41.6 Å². The van der Waals surface area contributed by atoms with E-state index in [-0.39, 0.29) is 0 Å². The molecule has 4 heterocycles. The lowest BCUT2D eigenvalue weighted by molar-refractivity contribution is 0.0992. The second-order valence-corrected chi connectivity index (χ2v) is 7.15. The summed E-state index contributed by atoms with van der Waals surface area (Å²) in [6.07, 6.45) is 6.07. The van der Waals surface area contributed by atoms with Gasteiger partial charge in [-0.15, -0.1) is 0 Å². The van der Waals surface area contributed by atoms with E-state index < -0.39 is 0 Å². The van der Waals surface area contributed by atoms with Crippen molar-refractivity contribution in [3.63, 3.8) is 0 Å². The first-order valence-electron chi connectivity index (χ1n) is 9.23. The lowest BCUT2D eigenvalue weighted by atomic mass is 9.96. The van der Waals surface area contributed by atoms with Gasteiger partial charge in [0.25, 0.3) is 0 Å². The van der Waals surface area contributed by atoms with Gasteiger partial charge in [-0.1, -0.05) is 6.07 Å². The van der Waals surface area contributed by atoms with Crippen molar-refractivity contribution in [1.82, 2.24) is 25.4 Å². The summed E-state index contributed by atoms with van der Waals surface area (Å²) in [7, 11) is 1.80. The largest absolute Gasteiger partial charge is 0.373 e. The van der Waals surface area contributed by atoms with Crippen molar-refractivity contribution < 1.29 is 4.74 Å². The molecule has 2 N–H and O–H groups in total. The van der Waals surface area contributed by atoms with Gasteiger partial charge in [0.15, 0.2) is 11.8 Å². The number of aromatic nitrogens is 3. The number of aliphatic imine (C=N–C) groups is 1. The summed E-state index contributed by atoms with van der Waals surface area (Å²) >= 11 is 0. The third-order valence-corrected chi connectivity index (χ3v) is 5.15. The van der Waals surface area contributed by atoms with Gasteiger partial charge in [-0.2, -0.15) is 5.10 Å². The molecule has 0 aromatic carbocycles. The molecule has 2 aliphatic heterocycles. The lowest BCUT2D eigenvalue weighted by Gasteiger charge is -2.22. The average molecular weight is 354 g/mol. The molecular weight excluding hydrogens is 328 g/mol. The van der Waals surface area contributed by atoms with Gasteiger partial charge in [-0.05, 0) is 50.8 Å². The monoisotopic (exact) mass is 354 g/mol. The van der Waals surface area contributed by atoms with Crippen molar-refractivity contribution in [2.45, 2.75) is 57.9 Å². The second-order valence-electron chi connectivity index (χ2n) is 7.15. The van der Waals surface area contributed by atoms with Gasteiger partial charge in [-0.3, -0.25) is 4.99 Å². The summed E-state index contributed by atoms with van der Waals surface area (Å²) in [4.78, 5) is 8.88. The van der Waals surface area contributed by atoms with Crippen LogP contribution in [0.15, 0.2) is 29.4 Å². The fraction of sp³-hybridized carbons (Fsp3) is 0.526. The minimum absolute atomic E-state index is 0.334. The number of aryl methyl sites for hydroxylation is 2. The number of fused-ring (bicyclic) bond motifs is 2. The third-order valence-electron chi connectivity index (χ3n) is 5.15. The number of hydrogen-bond acceptors (Lipinski definition) is 4. The van der Waals surface area contributed by atoms with Crippen molar-refractivity contribution in [2.75, 3.05) is 7.05 Å². The molecule has 2 fully saturated rings. The van der Waals surface area contributed by atoms with Gasteiger partial charge in [0, 0.05) is 25.5 Å². The molecule has 26 heavy (non-hydrogen) atoms. The summed E-state index contributed by atoms with van der Waals surface area (Å²) in [6.45, 7) is 4.69. The molecule has 2 aromatic rings. The van der Waals surface area contributed by atoms with Gasteiger partial charge < -0.3 is 15.4 Å². The molecule has 2 bridgehead atoms. The van der Waals surface area contributed by atoms with Gasteiger partial charge in [0.2, 0.25) is 0 Å². The standard InChI is InChI=1S/C19H26N6O/c1-12-8-13(2)25(24-12)18-7-4-14(10-21-18)11-22-19(20-3)23-16-9-15-5-6-17(16)26-15/h4,7-8,10,15-17H,5-6,9,11H2,1-3H3,(H2,20,22,23). The highest BCUT2D eigenvalue weighted by atomic mass is 16.5. The van der Waals surface area contributed by atoms with E-state index in [1.54, 1.807) is 7.05 Å². The zero-order chi connectivity index (χ0) is 18.1. The maximum absolute atomic E-state index is 5.90. The highest BCUT2D eigenvalue weighted by Crippen LogP contribution is 2.34. The Kier molecular flexibility index (Phi) is 4.63. The van der Waals surface area contributed by atoms with Crippen LogP contribution in [0, 0.1) is 13.8 Å². The molecule has 0 aliphatic carbocycles. The summed E-state index contributed by atoms with van der Waals surface area (Å²) in [5, 5.41) is 11.3. The molecule has 0 saturated carbocycles. The van der Waals surface area contributed by atoms with Gasteiger partial charge in [0.05, 0.1) is 23.9 Å². The van der Waals surface area contributed by atoms with E-state index in [4.69, 9.17) is 4.74 Å². The van der Waals surface area contributed by atoms with Crippen LogP contribution < -0.4 is 10.6 Å². The Morgan fingerprint density at radius 1 is 1.35 bits per heavy atom. The van der Waals surface area contributed by atoms with E-state index in [2.05, 4.69) is 31.8 Å². The predicted molar refractivity (Wildman–Crippen MR) is 100 cm³/mol. The van der Waals surface area contributed by atoms with Gasteiger partial charge in [0.1, 0.15) is 0 Å². The maximum Gasteiger partial charge on any atom is 0.191 e. The first-order chi connectivity index (χ1) is 12.6. The molecule has 2 aliphatic rings. The Labute approximate surface area is 153 Å². The molecule has 3 unspecified atom stereocenters. The van der Waals surface area contributed by atoms with Crippen molar-refractivity contribution in [1.29, 1.82) is 0 Å². The van der Waals surface area contributed by atoms with Crippen LogP contribution in [0.4, 0.5) is 0 Å². The summed E-state index contributed by atoms with van der Waals surface area (Å²) in [5.74, 6) is 1.65. The molecule has 3 atom stereocenters.